The molecule has 0 saturated heterocycles. The minimum Gasteiger partial charge on any atom is -0.312 e. The van der Waals surface area contributed by atoms with Crippen LogP contribution >= 0.6 is 0 Å². The number of nitrogens with one attached hydrogen (secondary N) is 1. The van der Waals surface area contributed by atoms with Crippen molar-refractivity contribution in [1.82, 2.24) is 30.1 Å². The molecular weight excluding hydrogens is 244 g/mol. The number of rotatable bonds is 6. The van der Waals surface area contributed by atoms with Crippen LogP contribution in [0.25, 0.3) is 11.0 Å². The highest BCUT2D eigenvalue weighted by Crippen LogP contribution is 2.02. The normalized spacial score (nSPS) is 13.0. The quantitative estimate of drug-likeness (QED) is 0.812. The molecule has 0 bridgehead atoms. The minimum atomic E-state index is -0.130. The molecule has 2 aromatic rings. The van der Waals surface area contributed by atoms with Gasteiger partial charge in [-0.25, -0.2) is 9.36 Å². The van der Waals surface area contributed by atoms with Crippen LogP contribution in [0.5, 0.6) is 0 Å². The second kappa shape index (κ2) is 5.92. The number of aryl methyl sites for hydroxylation is 1. The Morgan fingerprint density at radius 3 is 2.89 bits per heavy atom. The standard InChI is InChI=1S/C12H20N6O/c1-4-6-13-9(5-2)8-18-12(19)10-7-14-17(3)11(10)15-16-18/h7,9,13H,4-6,8H2,1-3H3. The van der Waals surface area contributed by atoms with E-state index in [1.165, 1.54) is 4.68 Å². The summed E-state index contributed by atoms with van der Waals surface area (Å²) in [7, 11) is 1.75. The molecule has 2 rings (SSSR count). The Bertz CT molecular complexity index is 602. The fourth-order valence-electron chi connectivity index (χ4n) is 1.99. The van der Waals surface area contributed by atoms with Crippen molar-refractivity contribution in [3.63, 3.8) is 0 Å². The lowest BCUT2D eigenvalue weighted by Gasteiger charge is -2.16. The molecule has 2 heterocycles. The minimum absolute atomic E-state index is 0.130. The molecule has 0 amide bonds. The van der Waals surface area contributed by atoms with Gasteiger partial charge in [0.2, 0.25) is 0 Å². The van der Waals surface area contributed by atoms with Gasteiger partial charge in [0, 0.05) is 13.1 Å². The van der Waals surface area contributed by atoms with E-state index in [4.69, 9.17) is 0 Å². The molecule has 0 radical (unpaired) electrons. The molecule has 104 valence electrons. The first-order valence-corrected chi connectivity index (χ1v) is 6.66. The zero-order valence-electron chi connectivity index (χ0n) is 11.6. The summed E-state index contributed by atoms with van der Waals surface area (Å²) in [5, 5.41) is 16.0. The topological polar surface area (TPSA) is 77.6 Å². The molecule has 1 unspecified atom stereocenters. The van der Waals surface area contributed by atoms with E-state index in [9.17, 15) is 4.79 Å². The summed E-state index contributed by atoms with van der Waals surface area (Å²) in [6.07, 6.45) is 3.56. The third-order valence-electron chi connectivity index (χ3n) is 3.19. The smallest absolute Gasteiger partial charge is 0.280 e. The van der Waals surface area contributed by atoms with Gasteiger partial charge in [0.15, 0.2) is 5.65 Å². The van der Waals surface area contributed by atoms with Crippen molar-refractivity contribution < 1.29 is 0 Å². The molecule has 1 N–H and O–H groups in total. The third kappa shape index (κ3) is 2.81. The van der Waals surface area contributed by atoms with Crippen LogP contribution in [-0.2, 0) is 13.6 Å². The highest BCUT2D eigenvalue weighted by molar-refractivity contribution is 5.72. The van der Waals surface area contributed by atoms with Gasteiger partial charge in [-0.05, 0) is 19.4 Å². The average molecular weight is 264 g/mol. The molecule has 0 aliphatic heterocycles. The van der Waals surface area contributed by atoms with Crippen molar-refractivity contribution in [1.29, 1.82) is 0 Å². The van der Waals surface area contributed by atoms with Gasteiger partial charge in [-0.15, -0.1) is 5.10 Å². The van der Waals surface area contributed by atoms with Crippen molar-refractivity contribution in [3.05, 3.63) is 16.6 Å². The molecule has 19 heavy (non-hydrogen) atoms. The van der Waals surface area contributed by atoms with E-state index < -0.39 is 0 Å². The Balaban J connectivity index is 2.25. The number of fused-ring (bicyclic) bond motifs is 1. The largest absolute Gasteiger partial charge is 0.312 e. The van der Waals surface area contributed by atoms with Gasteiger partial charge in [0.25, 0.3) is 5.56 Å². The fraction of sp³-hybridized carbons (Fsp3) is 0.667. The van der Waals surface area contributed by atoms with E-state index in [1.807, 2.05) is 0 Å². The van der Waals surface area contributed by atoms with Gasteiger partial charge >= 0.3 is 0 Å². The summed E-state index contributed by atoms with van der Waals surface area (Å²) < 4.78 is 2.97. The van der Waals surface area contributed by atoms with Crippen LogP contribution in [0, 0.1) is 0 Å². The lowest BCUT2D eigenvalue weighted by atomic mass is 10.2. The molecule has 2 aromatic heterocycles. The van der Waals surface area contributed by atoms with Gasteiger partial charge in [0.1, 0.15) is 5.39 Å². The van der Waals surface area contributed by atoms with Gasteiger partial charge in [-0.1, -0.05) is 19.1 Å². The molecule has 1 atom stereocenters. The molecule has 0 aliphatic carbocycles. The Labute approximate surface area is 111 Å². The first kappa shape index (κ1) is 13.7. The molecular formula is C12H20N6O. The zero-order chi connectivity index (χ0) is 13.8. The van der Waals surface area contributed by atoms with E-state index in [0.29, 0.717) is 17.6 Å². The van der Waals surface area contributed by atoms with Crippen molar-refractivity contribution >= 4 is 11.0 Å². The van der Waals surface area contributed by atoms with E-state index in [-0.39, 0.29) is 11.6 Å². The summed E-state index contributed by atoms with van der Waals surface area (Å²) in [5.41, 5.74) is 0.394. The molecule has 7 nitrogen and oxygen atoms in total. The number of hydrogen-bond acceptors (Lipinski definition) is 5. The lowest BCUT2D eigenvalue weighted by Crippen LogP contribution is -2.38. The van der Waals surface area contributed by atoms with Crippen LogP contribution in [0.3, 0.4) is 0 Å². The Kier molecular flexibility index (Phi) is 4.26. The van der Waals surface area contributed by atoms with Crippen LogP contribution < -0.4 is 10.9 Å². The second-order valence-corrected chi connectivity index (χ2v) is 4.64. The maximum Gasteiger partial charge on any atom is 0.280 e. The Hall–Kier alpha value is -1.76. The van der Waals surface area contributed by atoms with Crippen molar-refractivity contribution in [2.45, 2.75) is 39.3 Å². The SMILES string of the molecule is CCCNC(CC)Cn1nnc2c(cnn2C)c1=O. The van der Waals surface area contributed by atoms with Crippen LogP contribution in [0.2, 0.25) is 0 Å². The van der Waals surface area contributed by atoms with Crippen LogP contribution in [0.15, 0.2) is 11.0 Å². The van der Waals surface area contributed by atoms with Crippen molar-refractivity contribution in [2.75, 3.05) is 6.54 Å². The second-order valence-electron chi connectivity index (χ2n) is 4.64. The number of aromatic nitrogens is 5. The van der Waals surface area contributed by atoms with Crippen molar-refractivity contribution in [3.8, 4) is 0 Å². The predicted molar refractivity (Wildman–Crippen MR) is 72.9 cm³/mol. The monoisotopic (exact) mass is 264 g/mol. The third-order valence-corrected chi connectivity index (χ3v) is 3.19. The van der Waals surface area contributed by atoms with Crippen LogP contribution in [-0.4, -0.2) is 37.4 Å². The first-order chi connectivity index (χ1) is 9.17. The summed E-state index contributed by atoms with van der Waals surface area (Å²) in [6, 6.07) is 0.237. The van der Waals surface area contributed by atoms with E-state index >= 15 is 0 Å². The molecule has 0 aliphatic rings. The van der Waals surface area contributed by atoms with Gasteiger partial charge in [-0.2, -0.15) is 5.10 Å². The lowest BCUT2D eigenvalue weighted by molar-refractivity contribution is 0.398. The molecule has 7 heteroatoms. The number of nitrogens with zero attached hydrogens (tertiary/aromatic N) is 5. The molecule has 0 saturated carbocycles. The highest BCUT2D eigenvalue weighted by Gasteiger charge is 2.12. The highest BCUT2D eigenvalue weighted by atomic mass is 16.1. The maximum absolute atomic E-state index is 12.2. The molecule has 0 aromatic carbocycles. The van der Waals surface area contributed by atoms with Gasteiger partial charge in [0.05, 0.1) is 12.7 Å². The zero-order valence-corrected chi connectivity index (χ0v) is 11.6. The number of hydrogen-bond donors (Lipinski definition) is 1. The Morgan fingerprint density at radius 1 is 1.42 bits per heavy atom. The van der Waals surface area contributed by atoms with E-state index in [1.54, 1.807) is 17.9 Å². The van der Waals surface area contributed by atoms with Crippen LogP contribution in [0.4, 0.5) is 0 Å². The maximum atomic E-state index is 12.2. The van der Waals surface area contributed by atoms with E-state index in [2.05, 4.69) is 34.6 Å². The van der Waals surface area contributed by atoms with Crippen molar-refractivity contribution in [2.24, 2.45) is 7.05 Å². The summed E-state index contributed by atoms with van der Waals surface area (Å²) >= 11 is 0. The average Bonchev–Trinajstić information content (AvgIpc) is 2.79. The summed E-state index contributed by atoms with van der Waals surface area (Å²) in [5.74, 6) is 0. The molecule has 0 spiro atoms. The Morgan fingerprint density at radius 2 is 2.21 bits per heavy atom. The first-order valence-electron chi connectivity index (χ1n) is 6.66. The van der Waals surface area contributed by atoms with E-state index in [0.717, 1.165) is 19.4 Å². The fourth-order valence-corrected chi connectivity index (χ4v) is 1.99. The summed E-state index contributed by atoms with van der Waals surface area (Å²) in [6.45, 7) is 5.69. The summed E-state index contributed by atoms with van der Waals surface area (Å²) in [4.78, 5) is 12.2. The predicted octanol–water partition coefficient (Wildman–Crippen LogP) is 0.303. The van der Waals surface area contributed by atoms with Crippen LogP contribution in [0.1, 0.15) is 26.7 Å². The molecule has 0 fully saturated rings. The van der Waals surface area contributed by atoms with Gasteiger partial charge < -0.3 is 5.32 Å². The van der Waals surface area contributed by atoms with Gasteiger partial charge in [-0.3, -0.25) is 4.79 Å².